The molecule has 1 aliphatic carbocycles. The fraction of sp³-hybridized carbons (Fsp3) is 0.429. The summed E-state index contributed by atoms with van der Waals surface area (Å²) in [6.45, 7) is 4.24. The van der Waals surface area contributed by atoms with Crippen LogP contribution in [0.5, 0.6) is 5.75 Å². The van der Waals surface area contributed by atoms with Crippen molar-refractivity contribution in [1.29, 1.82) is 0 Å². The fourth-order valence-corrected chi connectivity index (χ4v) is 7.37. The van der Waals surface area contributed by atoms with E-state index in [1.54, 1.807) is 51.1 Å². The van der Waals surface area contributed by atoms with E-state index in [2.05, 4.69) is 21.3 Å². The summed E-state index contributed by atoms with van der Waals surface area (Å²) in [5.41, 5.74) is 0.305. The van der Waals surface area contributed by atoms with E-state index in [1.807, 2.05) is 0 Å². The molecule has 7 atom stereocenters. The molecule has 0 spiro atoms. The SMILES string of the molecule is CC(C)C(NC(=O)C[C@H](O)[C@H](COc1cc(F)cc(F)c1)NC(=O)c1cc(C(=O)N[C@H](C)c2ccccc2)cc(N(C)S(C)(=O)=O)c1)C(=O)NC1CC(C(=O)O)C[C@H](C(=O)O)C1. The van der Waals surface area contributed by atoms with Gasteiger partial charge in [0.2, 0.25) is 21.8 Å². The van der Waals surface area contributed by atoms with Crippen molar-refractivity contribution in [2.45, 2.75) is 76.7 Å². The number of halogens is 2. The number of aliphatic carboxylic acids is 2. The van der Waals surface area contributed by atoms with Crippen LogP contribution in [0.1, 0.15) is 78.8 Å². The van der Waals surface area contributed by atoms with Gasteiger partial charge in [-0.2, -0.15) is 0 Å². The van der Waals surface area contributed by atoms with Gasteiger partial charge >= 0.3 is 11.9 Å². The summed E-state index contributed by atoms with van der Waals surface area (Å²) in [6, 6.07) is 10.7. The van der Waals surface area contributed by atoms with Crippen molar-refractivity contribution < 1.29 is 66.0 Å². The Kier molecular flexibility index (Phi) is 16.5. The quantitative estimate of drug-likeness (QED) is 0.0917. The smallest absolute Gasteiger partial charge is 0.306 e. The third-order valence-electron chi connectivity index (χ3n) is 10.4. The molecular formula is C42H51F2N5O12S. The van der Waals surface area contributed by atoms with E-state index in [4.69, 9.17) is 4.74 Å². The maximum absolute atomic E-state index is 14.0. The maximum Gasteiger partial charge on any atom is 0.306 e. The molecular weight excluding hydrogens is 837 g/mol. The number of nitrogens with one attached hydrogen (secondary N) is 4. The van der Waals surface area contributed by atoms with Crippen molar-refractivity contribution in [2.24, 2.45) is 17.8 Å². The Bertz CT molecular complexity index is 2200. The van der Waals surface area contributed by atoms with E-state index in [0.29, 0.717) is 6.07 Å². The lowest BCUT2D eigenvalue weighted by Crippen LogP contribution is -2.55. The van der Waals surface area contributed by atoms with Gasteiger partial charge in [0.1, 0.15) is 30.0 Å². The zero-order valence-electron chi connectivity index (χ0n) is 34.6. The summed E-state index contributed by atoms with van der Waals surface area (Å²) in [5.74, 6) is -10.6. The molecule has 4 amide bonds. The van der Waals surface area contributed by atoms with Crippen LogP contribution in [0.4, 0.5) is 14.5 Å². The molecule has 4 rings (SSSR count). The first-order valence-electron chi connectivity index (χ1n) is 19.6. The third kappa shape index (κ3) is 13.7. The first-order valence-corrected chi connectivity index (χ1v) is 21.4. The normalized spacial score (nSPS) is 18.3. The predicted molar refractivity (Wildman–Crippen MR) is 221 cm³/mol. The topological polar surface area (TPSA) is 258 Å². The largest absolute Gasteiger partial charge is 0.491 e. The van der Waals surface area contributed by atoms with E-state index in [1.165, 1.54) is 25.2 Å². The van der Waals surface area contributed by atoms with Gasteiger partial charge in [-0.05, 0) is 55.9 Å². The Morgan fingerprint density at radius 3 is 1.87 bits per heavy atom. The number of benzene rings is 3. The molecule has 1 aliphatic rings. The van der Waals surface area contributed by atoms with Crippen molar-refractivity contribution in [3.8, 4) is 5.75 Å². The zero-order chi connectivity index (χ0) is 46.1. The molecule has 3 unspecified atom stereocenters. The molecule has 1 fully saturated rings. The number of carboxylic acid groups (broad SMARTS) is 2. The summed E-state index contributed by atoms with van der Waals surface area (Å²) in [5, 5.41) is 41.0. The number of rotatable bonds is 19. The minimum absolute atomic E-state index is 0.0364. The second kappa shape index (κ2) is 21.1. The number of anilines is 1. The number of nitrogens with zero attached hydrogens (tertiary/aromatic N) is 1. The number of aliphatic hydroxyl groups excluding tert-OH is 1. The highest BCUT2D eigenvalue weighted by molar-refractivity contribution is 7.92. The summed E-state index contributed by atoms with van der Waals surface area (Å²) < 4.78 is 59.5. The molecule has 0 saturated heterocycles. The first kappa shape index (κ1) is 48.5. The van der Waals surface area contributed by atoms with E-state index in [-0.39, 0.29) is 41.8 Å². The van der Waals surface area contributed by atoms with Gasteiger partial charge in [-0.15, -0.1) is 0 Å². The van der Waals surface area contributed by atoms with Crippen LogP contribution in [0.2, 0.25) is 0 Å². The van der Waals surface area contributed by atoms with Crippen LogP contribution >= 0.6 is 0 Å². The lowest BCUT2D eigenvalue weighted by Gasteiger charge is -2.33. The Morgan fingerprint density at radius 2 is 1.35 bits per heavy atom. The number of ether oxygens (including phenoxy) is 1. The molecule has 62 heavy (non-hydrogen) atoms. The Balaban J connectivity index is 1.58. The highest BCUT2D eigenvalue weighted by Crippen LogP contribution is 2.30. The van der Waals surface area contributed by atoms with Gasteiger partial charge < -0.3 is 41.3 Å². The molecule has 336 valence electrons. The van der Waals surface area contributed by atoms with Crippen LogP contribution < -0.4 is 30.3 Å². The Hall–Kier alpha value is -6.15. The Morgan fingerprint density at radius 1 is 0.806 bits per heavy atom. The van der Waals surface area contributed by atoms with Crippen molar-refractivity contribution >= 4 is 51.3 Å². The summed E-state index contributed by atoms with van der Waals surface area (Å²) in [6.07, 6.45) is -1.86. The van der Waals surface area contributed by atoms with E-state index in [0.717, 1.165) is 28.3 Å². The average Bonchev–Trinajstić information content (AvgIpc) is 3.20. The summed E-state index contributed by atoms with van der Waals surface area (Å²) in [4.78, 5) is 77.8. The molecule has 0 aromatic heterocycles. The highest BCUT2D eigenvalue weighted by Gasteiger charge is 2.38. The average molecular weight is 888 g/mol. The zero-order valence-corrected chi connectivity index (χ0v) is 35.4. The van der Waals surface area contributed by atoms with E-state index in [9.17, 15) is 61.3 Å². The number of carbonyl (C=O) groups excluding carboxylic acids is 4. The lowest BCUT2D eigenvalue weighted by molar-refractivity contribution is -0.149. The van der Waals surface area contributed by atoms with Gasteiger partial charge in [-0.3, -0.25) is 33.1 Å². The second-order valence-electron chi connectivity index (χ2n) is 15.6. The van der Waals surface area contributed by atoms with Crippen LogP contribution in [0.15, 0.2) is 66.7 Å². The number of amides is 4. The highest BCUT2D eigenvalue weighted by atomic mass is 32.2. The van der Waals surface area contributed by atoms with Gasteiger partial charge in [0.05, 0.1) is 48.4 Å². The minimum atomic E-state index is -3.92. The molecule has 0 aliphatic heterocycles. The van der Waals surface area contributed by atoms with Crippen LogP contribution in [0.3, 0.4) is 0 Å². The number of sulfonamides is 1. The van der Waals surface area contributed by atoms with Crippen LogP contribution in [0.25, 0.3) is 0 Å². The van der Waals surface area contributed by atoms with Crippen molar-refractivity contribution in [2.75, 3.05) is 24.2 Å². The number of carbonyl (C=O) groups is 6. The van der Waals surface area contributed by atoms with Crippen molar-refractivity contribution in [3.05, 3.63) is 95.1 Å². The molecule has 0 heterocycles. The van der Waals surface area contributed by atoms with E-state index < -0.39 is 118 Å². The van der Waals surface area contributed by atoms with Crippen LogP contribution in [0, 0.1) is 29.4 Å². The number of carboxylic acids is 2. The summed E-state index contributed by atoms with van der Waals surface area (Å²) in [7, 11) is -2.71. The fourth-order valence-electron chi connectivity index (χ4n) is 6.88. The predicted octanol–water partition coefficient (Wildman–Crippen LogP) is 2.99. The minimum Gasteiger partial charge on any atom is -0.491 e. The number of aliphatic hydroxyl groups is 1. The molecule has 0 bridgehead atoms. The Labute approximate surface area is 357 Å². The van der Waals surface area contributed by atoms with Gasteiger partial charge in [0.15, 0.2) is 0 Å². The van der Waals surface area contributed by atoms with Crippen LogP contribution in [-0.2, 0) is 29.2 Å². The van der Waals surface area contributed by atoms with E-state index >= 15 is 0 Å². The number of hydrogen-bond acceptors (Lipinski definition) is 10. The standard InChI is InChI=1S/C42H51F2N5O12S/c1-22(2)37(40(54)46-31-13-27(41(55)56)12-28(14-31)42(57)58)48-36(51)20-35(50)34(21-61-33-18-29(43)17-30(44)19-33)47-39(53)26-11-25(15-32(16-26)49(4)62(5,59)60)38(52)45-23(3)24-9-7-6-8-10-24/h6-11,15-19,22-23,27-28,31,34-35,37,50H,12-14,20-21H2,1-5H3,(H,45,52)(H,46,54)(H,47,53)(H,48,51)(H,55,56)(H,57,58)/t23-,27+,28?,31?,34+,35+,37?/m1/s1. The van der Waals surface area contributed by atoms with Gasteiger partial charge in [-0.25, -0.2) is 17.2 Å². The first-order chi connectivity index (χ1) is 29.0. The lowest BCUT2D eigenvalue weighted by atomic mass is 9.78. The number of hydrogen-bond donors (Lipinski definition) is 7. The molecule has 7 N–H and O–H groups in total. The molecule has 17 nitrogen and oxygen atoms in total. The van der Waals surface area contributed by atoms with Crippen molar-refractivity contribution in [1.82, 2.24) is 21.3 Å². The molecule has 20 heteroatoms. The molecule has 0 radical (unpaired) electrons. The molecule has 3 aromatic carbocycles. The van der Waals surface area contributed by atoms with Gasteiger partial charge in [-0.1, -0.05) is 44.2 Å². The van der Waals surface area contributed by atoms with Gasteiger partial charge in [0.25, 0.3) is 11.8 Å². The summed E-state index contributed by atoms with van der Waals surface area (Å²) >= 11 is 0. The molecule has 1 saturated carbocycles. The molecule has 3 aromatic rings. The van der Waals surface area contributed by atoms with Gasteiger partial charge in [0, 0.05) is 42.4 Å². The monoisotopic (exact) mass is 887 g/mol. The third-order valence-corrected chi connectivity index (χ3v) is 11.6. The van der Waals surface area contributed by atoms with Crippen molar-refractivity contribution in [3.63, 3.8) is 0 Å². The second-order valence-corrected chi connectivity index (χ2v) is 17.7. The van der Waals surface area contributed by atoms with Crippen LogP contribution in [-0.4, -0.2) is 103 Å². The maximum atomic E-state index is 14.0.